The molecule has 0 heterocycles. The van der Waals surface area contributed by atoms with Gasteiger partial charge in [0.2, 0.25) is 0 Å². The first-order valence-corrected chi connectivity index (χ1v) is 5.81. The van der Waals surface area contributed by atoms with Gasteiger partial charge in [0, 0.05) is 19.7 Å². The first-order chi connectivity index (χ1) is 8.06. The number of nitrogens with one attached hydrogen (secondary N) is 1. The van der Waals surface area contributed by atoms with E-state index in [1.165, 1.54) is 0 Å². The molecule has 17 heavy (non-hydrogen) atoms. The van der Waals surface area contributed by atoms with E-state index in [4.69, 9.17) is 9.84 Å². The molecule has 98 valence electrons. The zero-order valence-electron chi connectivity index (χ0n) is 10.3. The van der Waals surface area contributed by atoms with Gasteiger partial charge in [-0.25, -0.2) is 4.79 Å². The normalized spacial score (nSPS) is 16.4. The molecule has 0 saturated heterocycles. The third-order valence-corrected chi connectivity index (χ3v) is 2.98. The highest BCUT2D eigenvalue weighted by Gasteiger charge is 2.34. The van der Waals surface area contributed by atoms with E-state index in [0.717, 1.165) is 12.8 Å². The molecular formula is C11H20N2O4. The summed E-state index contributed by atoms with van der Waals surface area (Å²) in [6.45, 7) is 2.59. The molecule has 0 bridgehead atoms. The second-order valence-electron chi connectivity index (χ2n) is 4.32. The average molecular weight is 244 g/mol. The van der Waals surface area contributed by atoms with E-state index >= 15 is 0 Å². The van der Waals surface area contributed by atoms with Crippen molar-refractivity contribution in [1.29, 1.82) is 0 Å². The van der Waals surface area contributed by atoms with Crippen molar-refractivity contribution >= 4 is 12.0 Å². The van der Waals surface area contributed by atoms with Crippen molar-refractivity contribution in [2.24, 2.45) is 5.92 Å². The van der Waals surface area contributed by atoms with Gasteiger partial charge in [0.15, 0.2) is 0 Å². The lowest BCUT2D eigenvalue weighted by Crippen LogP contribution is -2.48. The highest BCUT2D eigenvalue weighted by Crippen LogP contribution is 2.35. The van der Waals surface area contributed by atoms with E-state index in [-0.39, 0.29) is 18.6 Å². The van der Waals surface area contributed by atoms with Gasteiger partial charge in [0.05, 0.1) is 6.61 Å². The molecule has 2 amide bonds. The number of carbonyl (C=O) groups is 2. The second-order valence-corrected chi connectivity index (χ2v) is 4.32. The topological polar surface area (TPSA) is 78.9 Å². The van der Waals surface area contributed by atoms with E-state index in [2.05, 4.69) is 5.32 Å². The summed E-state index contributed by atoms with van der Waals surface area (Å²) in [7, 11) is 1.58. The van der Waals surface area contributed by atoms with Crippen LogP contribution >= 0.6 is 0 Å². The second kappa shape index (κ2) is 6.44. The summed E-state index contributed by atoms with van der Waals surface area (Å²) in [5, 5.41) is 10.9. The number of carboxylic acids is 1. The van der Waals surface area contributed by atoms with Gasteiger partial charge in [-0.1, -0.05) is 0 Å². The summed E-state index contributed by atoms with van der Waals surface area (Å²) in [5.41, 5.74) is 0. The predicted octanol–water partition coefficient (Wildman–Crippen LogP) is 0.527. The highest BCUT2D eigenvalue weighted by molar-refractivity contribution is 5.80. The Kier molecular flexibility index (Phi) is 5.21. The number of aliphatic carboxylic acids is 1. The minimum absolute atomic E-state index is 0.138. The van der Waals surface area contributed by atoms with Crippen molar-refractivity contribution in [2.45, 2.75) is 25.8 Å². The molecule has 0 aromatic heterocycles. The van der Waals surface area contributed by atoms with Gasteiger partial charge in [0.25, 0.3) is 0 Å². The number of rotatable bonds is 7. The lowest BCUT2D eigenvalue weighted by atomic mass is 10.2. The summed E-state index contributed by atoms with van der Waals surface area (Å²) in [5.74, 6) is -0.494. The Balaban J connectivity index is 2.47. The lowest BCUT2D eigenvalue weighted by molar-refractivity contribution is -0.135. The Hall–Kier alpha value is -1.30. The number of amides is 2. The summed E-state index contributed by atoms with van der Waals surface area (Å²) < 4.78 is 4.96. The van der Waals surface area contributed by atoms with Crippen LogP contribution in [0.5, 0.6) is 0 Å². The molecule has 0 aromatic rings. The molecular weight excluding hydrogens is 224 g/mol. The van der Waals surface area contributed by atoms with E-state index in [0.29, 0.717) is 19.1 Å². The number of carboxylic acid groups (broad SMARTS) is 1. The van der Waals surface area contributed by atoms with Gasteiger partial charge in [0.1, 0.15) is 6.54 Å². The van der Waals surface area contributed by atoms with E-state index < -0.39 is 5.97 Å². The smallest absolute Gasteiger partial charge is 0.323 e. The van der Waals surface area contributed by atoms with Crippen LogP contribution in [0.2, 0.25) is 0 Å². The molecule has 1 unspecified atom stereocenters. The van der Waals surface area contributed by atoms with E-state index in [9.17, 15) is 9.59 Å². The molecule has 0 radical (unpaired) electrons. The standard InChI is InChI=1S/C11H20N2O4/c1-8(9-3-4-9)13(5-6-17-2)11(16)12-7-10(14)15/h8-9H,3-7H2,1-2H3,(H,12,16)(H,14,15). The molecule has 6 heteroatoms. The van der Waals surface area contributed by atoms with Crippen LogP contribution in [-0.4, -0.2) is 54.9 Å². The number of hydrogen-bond acceptors (Lipinski definition) is 3. The van der Waals surface area contributed by atoms with Gasteiger partial charge < -0.3 is 20.1 Å². The minimum Gasteiger partial charge on any atom is -0.480 e. The zero-order valence-corrected chi connectivity index (χ0v) is 10.3. The van der Waals surface area contributed by atoms with Gasteiger partial charge in [-0.2, -0.15) is 0 Å². The molecule has 1 aliphatic carbocycles. The highest BCUT2D eigenvalue weighted by atomic mass is 16.5. The maximum absolute atomic E-state index is 11.8. The van der Waals surface area contributed by atoms with Crippen molar-refractivity contribution < 1.29 is 19.4 Å². The Bertz CT molecular complexity index is 279. The summed E-state index contributed by atoms with van der Waals surface area (Å²) in [6.07, 6.45) is 2.27. The first-order valence-electron chi connectivity index (χ1n) is 5.81. The fourth-order valence-electron chi connectivity index (χ4n) is 1.77. The number of nitrogens with zero attached hydrogens (tertiary/aromatic N) is 1. The van der Waals surface area contributed by atoms with Crippen molar-refractivity contribution in [1.82, 2.24) is 10.2 Å². The third kappa shape index (κ3) is 4.60. The van der Waals surface area contributed by atoms with E-state index in [1.54, 1.807) is 12.0 Å². The van der Waals surface area contributed by atoms with Crippen LogP contribution in [0.1, 0.15) is 19.8 Å². The van der Waals surface area contributed by atoms with Gasteiger partial charge in [-0.05, 0) is 25.7 Å². The average Bonchev–Trinajstić information content (AvgIpc) is 3.10. The first kappa shape index (κ1) is 13.8. The minimum atomic E-state index is -1.04. The quantitative estimate of drug-likeness (QED) is 0.684. The molecule has 0 spiro atoms. The number of hydrogen-bond donors (Lipinski definition) is 2. The molecule has 2 N–H and O–H groups in total. The monoisotopic (exact) mass is 244 g/mol. The fraction of sp³-hybridized carbons (Fsp3) is 0.818. The van der Waals surface area contributed by atoms with E-state index in [1.807, 2.05) is 6.92 Å². The van der Waals surface area contributed by atoms with Gasteiger partial charge in [-0.3, -0.25) is 4.79 Å². The summed E-state index contributed by atoms with van der Waals surface area (Å²) in [4.78, 5) is 23.9. The Labute approximate surface area is 101 Å². The fourth-order valence-corrected chi connectivity index (χ4v) is 1.77. The summed E-state index contributed by atoms with van der Waals surface area (Å²) in [6, 6.07) is -0.192. The van der Waals surface area contributed by atoms with Crippen LogP contribution in [-0.2, 0) is 9.53 Å². The molecule has 1 aliphatic rings. The van der Waals surface area contributed by atoms with Crippen LogP contribution in [0.3, 0.4) is 0 Å². The zero-order chi connectivity index (χ0) is 12.8. The SMILES string of the molecule is COCCN(C(=O)NCC(=O)O)C(C)C1CC1. The lowest BCUT2D eigenvalue weighted by Gasteiger charge is -2.29. The van der Waals surface area contributed by atoms with Crippen LogP contribution in [0.4, 0.5) is 4.79 Å². The number of carbonyl (C=O) groups excluding carboxylic acids is 1. The molecule has 0 aliphatic heterocycles. The molecule has 1 saturated carbocycles. The van der Waals surface area contributed by atoms with Crippen LogP contribution < -0.4 is 5.32 Å². The largest absolute Gasteiger partial charge is 0.480 e. The van der Waals surface area contributed by atoms with Crippen molar-refractivity contribution in [3.05, 3.63) is 0 Å². The number of urea groups is 1. The van der Waals surface area contributed by atoms with Gasteiger partial charge >= 0.3 is 12.0 Å². The Morgan fingerprint density at radius 2 is 2.18 bits per heavy atom. The predicted molar refractivity (Wildman–Crippen MR) is 61.8 cm³/mol. The van der Waals surface area contributed by atoms with Crippen LogP contribution in [0, 0.1) is 5.92 Å². The number of ether oxygens (including phenoxy) is 1. The van der Waals surface area contributed by atoms with Crippen LogP contribution in [0.25, 0.3) is 0 Å². The molecule has 6 nitrogen and oxygen atoms in total. The third-order valence-electron chi connectivity index (χ3n) is 2.98. The summed E-state index contributed by atoms with van der Waals surface area (Å²) >= 11 is 0. The van der Waals surface area contributed by atoms with Crippen molar-refractivity contribution in [3.8, 4) is 0 Å². The number of methoxy groups -OCH3 is 1. The van der Waals surface area contributed by atoms with Crippen LogP contribution in [0.15, 0.2) is 0 Å². The maximum Gasteiger partial charge on any atom is 0.323 e. The van der Waals surface area contributed by atoms with Crippen molar-refractivity contribution in [2.75, 3.05) is 26.8 Å². The molecule has 1 fully saturated rings. The van der Waals surface area contributed by atoms with Crippen molar-refractivity contribution in [3.63, 3.8) is 0 Å². The molecule has 1 atom stereocenters. The Morgan fingerprint density at radius 3 is 2.65 bits per heavy atom. The molecule has 0 aromatic carbocycles. The molecule has 1 rings (SSSR count). The Morgan fingerprint density at radius 1 is 1.53 bits per heavy atom. The maximum atomic E-state index is 11.8. The van der Waals surface area contributed by atoms with Gasteiger partial charge in [-0.15, -0.1) is 0 Å².